The van der Waals surface area contributed by atoms with Crippen LogP contribution in [0.15, 0.2) is 35.1 Å². The standard InChI is InChI=1S/C14H19N3O3S/c1-3-16-21(19,20)9-8-15-12-10-14(18)17(2)13-7-5-4-6-11(12)13/h4-7,10,15-16H,3,8-9H2,1-2H3. The number of sulfonamides is 1. The maximum Gasteiger partial charge on any atom is 0.252 e. The number of para-hydroxylation sites is 1. The first-order valence-corrected chi connectivity index (χ1v) is 8.40. The van der Waals surface area contributed by atoms with Crippen molar-refractivity contribution in [3.63, 3.8) is 0 Å². The molecule has 0 aliphatic rings. The number of nitrogens with one attached hydrogen (secondary N) is 2. The largest absolute Gasteiger partial charge is 0.383 e. The molecule has 0 radical (unpaired) electrons. The fourth-order valence-corrected chi connectivity index (χ4v) is 3.12. The van der Waals surface area contributed by atoms with Gasteiger partial charge >= 0.3 is 0 Å². The first-order valence-electron chi connectivity index (χ1n) is 6.74. The van der Waals surface area contributed by atoms with Gasteiger partial charge in [0.25, 0.3) is 5.56 Å². The fourth-order valence-electron chi connectivity index (χ4n) is 2.17. The average Bonchev–Trinajstić information content (AvgIpc) is 2.44. The van der Waals surface area contributed by atoms with Crippen molar-refractivity contribution < 1.29 is 8.42 Å². The van der Waals surface area contributed by atoms with E-state index in [9.17, 15) is 13.2 Å². The molecule has 114 valence electrons. The van der Waals surface area contributed by atoms with Crippen LogP contribution >= 0.6 is 0 Å². The quantitative estimate of drug-likeness (QED) is 0.830. The van der Waals surface area contributed by atoms with Crippen LogP contribution in [0.3, 0.4) is 0 Å². The van der Waals surface area contributed by atoms with E-state index in [1.165, 1.54) is 6.07 Å². The molecule has 1 aromatic heterocycles. The van der Waals surface area contributed by atoms with Crippen molar-refractivity contribution in [1.29, 1.82) is 0 Å². The molecule has 0 saturated heterocycles. The van der Waals surface area contributed by atoms with Gasteiger partial charge in [-0.25, -0.2) is 13.1 Å². The molecule has 21 heavy (non-hydrogen) atoms. The molecule has 0 saturated carbocycles. The van der Waals surface area contributed by atoms with Crippen molar-refractivity contribution in [3.8, 4) is 0 Å². The van der Waals surface area contributed by atoms with Gasteiger partial charge < -0.3 is 9.88 Å². The van der Waals surface area contributed by atoms with E-state index in [1.54, 1.807) is 18.5 Å². The Morgan fingerprint density at radius 1 is 1.24 bits per heavy atom. The molecule has 0 spiro atoms. The Morgan fingerprint density at radius 3 is 2.67 bits per heavy atom. The highest BCUT2D eigenvalue weighted by molar-refractivity contribution is 7.89. The van der Waals surface area contributed by atoms with Gasteiger partial charge in [0.15, 0.2) is 0 Å². The van der Waals surface area contributed by atoms with Gasteiger partial charge in [-0.2, -0.15) is 0 Å². The highest BCUT2D eigenvalue weighted by atomic mass is 32.2. The first-order chi connectivity index (χ1) is 9.94. The molecule has 0 amide bonds. The normalized spacial score (nSPS) is 11.7. The maximum absolute atomic E-state index is 11.9. The molecule has 2 rings (SSSR count). The van der Waals surface area contributed by atoms with Gasteiger partial charge in [-0.15, -0.1) is 0 Å². The molecule has 0 bridgehead atoms. The summed E-state index contributed by atoms with van der Waals surface area (Å²) < 4.78 is 27.2. The van der Waals surface area contributed by atoms with Gasteiger partial charge in [0, 0.05) is 37.3 Å². The van der Waals surface area contributed by atoms with Gasteiger partial charge in [0.05, 0.1) is 11.3 Å². The number of aromatic nitrogens is 1. The van der Waals surface area contributed by atoms with E-state index in [1.807, 2.05) is 24.3 Å². The highest BCUT2D eigenvalue weighted by Gasteiger charge is 2.09. The lowest BCUT2D eigenvalue weighted by Crippen LogP contribution is -2.29. The van der Waals surface area contributed by atoms with Crippen LogP contribution in [0.2, 0.25) is 0 Å². The van der Waals surface area contributed by atoms with Crippen molar-refractivity contribution in [3.05, 3.63) is 40.7 Å². The summed E-state index contributed by atoms with van der Waals surface area (Å²) in [5.74, 6) is -0.0373. The third-order valence-corrected chi connectivity index (χ3v) is 4.67. The first kappa shape index (κ1) is 15.5. The van der Waals surface area contributed by atoms with Gasteiger partial charge in [-0.1, -0.05) is 25.1 Å². The minimum atomic E-state index is -3.27. The number of benzene rings is 1. The van der Waals surface area contributed by atoms with Crippen molar-refractivity contribution in [2.75, 3.05) is 24.2 Å². The van der Waals surface area contributed by atoms with E-state index in [0.717, 1.165) is 10.9 Å². The molecule has 2 aromatic rings. The van der Waals surface area contributed by atoms with E-state index in [-0.39, 0.29) is 17.9 Å². The minimum absolute atomic E-state index is 0.0373. The Labute approximate surface area is 123 Å². The van der Waals surface area contributed by atoms with E-state index < -0.39 is 10.0 Å². The van der Waals surface area contributed by atoms with Crippen LogP contribution in [0, 0.1) is 0 Å². The molecule has 1 heterocycles. The fraction of sp³-hybridized carbons (Fsp3) is 0.357. The van der Waals surface area contributed by atoms with Crippen LogP contribution in [-0.2, 0) is 17.1 Å². The molecule has 0 aliphatic heterocycles. The van der Waals surface area contributed by atoms with Crippen LogP contribution < -0.4 is 15.6 Å². The number of hydrogen-bond donors (Lipinski definition) is 2. The third kappa shape index (κ3) is 3.62. The molecular weight excluding hydrogens is 290 g/mol. The van der Waals surface area contributed by atoms with Gasteiger partial charge in [-0.05, 0) is 6.07 Å². The van der Waals surface area contributed by atoms with Gasteiger partial charge in [-0.3, -0.25) is 4.79 Å². The number of fused-ring (bicyclic) bond motifs is 1. The number of hydrogen-bond acceptors (Lipinski definition) is 4. The van der Waals surface area contributed by atoms with Crippen LogP contribution in [0.4, 0.5) is 5.69 Å². The number of aryl methyl sites for hydroxylation is 1. The predicted molar refractivity (Wildman–Crippen MR) is 85.1 cm³/mol. The van der Waals surface area contributed by atoms with E-state index in [2.05, 4.69) is 10.0 Å². The smallest absolute Gasteiger partial charge is 0.252 e. The molecule has 0 unspecified atom stereocenters. The summed E-state index contributed by atoms with van der Waals surface area (Å²) in [7, 11) is -1.56. The summed E-state index contributed by atoms with van der Waals surface area (Å²) in [4.78, 5) is 11.9. The second kappa shape index (κ2) is 6.28. The predicted octanol–water partition coefficient (Wildman–Crippen LogP) is 0.890. The van der Waals surface area contributed by atoms with E-state index in [0.29, 0.717) is 12.2 Å². The lowest BCUT2D eigenvalue weighted by Gasteiger charge is -2.12. The zero-order valence-electron chi connectivity index (χ0n) is 12.1. The Kier molecular flexibility index (Phi) is 4.64. The number of pyridine rings is 1. The van der Waals surface area contributed by atoms with Crippen LogP contribution in [0.1, 0.15) is 6.92 Å². The highest BCUT2D eigenvalue weighted by Crippen LogP contribution is 2.20. The summed E-state index contributed by atoms with van der Waals surface area (Å²) in [5, 5.41) is 3.93. The van der Waals surface area contributed by atoms with E-state index >= 15 is 0 Å². The third-order valence-electron chi connectivity index (χ3n) is 3.20. The Bertz CT molecular complexity index is 797. The Balaban J connectivity index is 2.24. The SMILES string of the molecule is CCNS(=O)(=O)CCNc1cc(=O)n(C)c2ccccc12. The van der Waals surface area contributed by atoms with Crippen molar-refractivity contribution >= 4 is 26.6 Å². The number of rotatable bonds is 6. The molecular formula is C14H19N3O3S. The van der Waals surface area contributed by atoms with E-state index in [4.69, 9.17) is 0 Å². The van der Waals surface area contributed by atoms with Crippen molar-refractivity contribution in [1.82, 2.24) is 9.29 Å². The molecule has 7 heteroatoms. The number of nitrogens with zero attached hydrogens (tertiary/aromatic N) is 1. The summed E-state index contributed by atoms with van der Waals surface area (Å²) in [6, 6.07) is 8.99. The second-order valence-electron chi connectivity index (χ2n) is 4.72. The summed E-state index contributed by atoms with van der Waals surface area (Å²) in [6.07, 6.45) is 0. The topological polar surface area (TPSA) is 80.2 Å². The monoisotopic (exact) mass is 309 g/mol. The average molecular weight is 309 g/mol. The zero-order valence-corrected chi connectivity index (χ0v) is 12.9. The molecule has 0 fully saturated rings. The summed E-state index contributed by atoms with van der Waals surface area (Å²) in [5.41, 5.74) is 1.33. The molecule has 0 aliphatic carbocycles. The molecule has 1 aromatic carbocycles. The zero-order chi connectivity index (χ0) is 15.5. The molecule has 2 N–H and O–H groups in total. The van der Waals surface area contributed by atoms with Gasteiger partial charge in [0.2, 0.25) is 10.0 Å². The summed E-state index contributed by atoms with van der Waals surface area (Å²) in [6.45, 7) is 2.35. The summed E-state index contributed by atoms with van der Waals surface area (Å²) >= 11 is 0. The van der Waals surface area contributed by atoms with Crippen molar-refractivity contribution in [2.45, 2.75) is 6.92 Å². The van der Waals surface area contributed by atoms with Crippen LogP contribution in [-0.4, -0.2) is 31.8 Å². The van der Waals surface area contributed by atoms with Gasteiger partial charge in [0.1, 0.15) is 0 Å². The molecule has 0 atom stereocenters. The lowest BCUT2D eigenvalue weighted by molar-refractivity contribution is 0.584. The van der Waals surface area contributed by atoms with Crippen LogP contribution in [0.25, 0.3) is 10.9 Å². The maximum atomic E-state index is 11.9. The Hall–Kier alpha value is -1.86. The number of anilines is 1. The Morgan fingerprint density at radius 2 is 1.95 bits per heavy atom. The van der Waals surface area contributed by atoms with Crippen LogP contribution in [0.5, 0.6) is 0 Å². The minimum Gasteiger partial charge on any atom is -0.383 e. The molecule has 6 nitrogen and oxygen atoms in total. The lowest BCUT2D eigenvalue weighted by atomic mass is 10.2. The van der Waals surface area contributed by atoms with Crippen molar-refractivity contribution in [2.24, 2.45) is 7.05 Å². The second-order valence-corrected chi connectivity index (χ2v) is 6.64.